The van der Waals surface area contributed by atoms with Crippen LogP contribution in [-0.4, -0.2) is 23.9 Å². The number of nitrogens with two attached hydrogens (primary N) is 1. The number of benzene rings is 1. The molecule has 0 saturated heterocycles. The molecule has 0 amide bonds. The van der Waals surface area contributed by atoms with Crippen LogP contribution in [0.3, 0.4) is 0 Å². The molecule has 1 aromatic carbocycles. The van der Waals surface area contributed by atoms with Crippen LogP contribution >= 0.6 is 11.8 Å². The lowest BCUT2D eigenvalue weighted by molar-refractivity contribution is -0.144. The minimum atomic E-state index is -0.498. The first-order chi connectivity index (χ1) is 8.20. The minimum Gasteiger partial charge on any atom is -0.465 e. The summed E-state index contributed by atoms with van der Waals surface area (Å²) in [6, 6.07) is 7.85. The van der Waals surface area contributed by atoms with E-state index < -0.39 is 6.04 Å². The number of carbonyl (C=O) groups is 1. The van der Waals surface area contributed by atoms with Gasteiger partial charge in [-0.15, -0.1) is 11.8 Å². The molecule has 3 nitrogen and oxygen atoms in total. The first-order valence-electron chi connectivity index (χ1n) is 5.87. The molecule has 0 aliphatic carbocycles. The quantitative estimate of drug-likeness (QED) is 0.831. The molecule has 0 fully saturated rings. The monoisotopic (exact) mass is 251 g/mol. The van der Waals surface area contributed by atoms with Crippen LogP contribution in [0.25, 0.3) is 0 Å². The van der Waals surface area contributed by atoms with E-state index in [2.05, 4.69) is 12.1 Å². The molecule has 2 N–H and O–H groups in total. The van der Waals surface area contributed by atoms with Crippen LogP contribution in [0.1, 0.15) is 18.9 Å². The van der Waals surface area contributed by atoms with E-state index in [1.165, 1.54) is 10.5 Å². The van der Waals surface area contributed by atoms with E-state index in [4.69, 9.17) is 10.5 Å². The maximum atomic E-state index is 11.4. The molecular formula is C13H17NO2S. The highest BCUT2D eigenvalue weighted by Gasteiger charge is 2.26. The molecule has 1 aromatic rings. The molecule has 0 saturated carbocycles. The number of ether oxygens (including phenoxy) is 1. The van der Waals surface area contributed by atoms with Gasteiger partial charge in [0.25, 0.3) is 0 Å². The average Bonchev–Trinajstić information content (AvgIpc) is 2.71. The van der Waals surface area contributed by atoms with Crippen LogP contribution in [0, 0.1) is 0 Å². The van der Waals surface area contributed by atoms with E-state index in [9.17, 15) is 4.79 Å². The predicted octanol–water partition coefficient (Wildman–Crippen LogP) is 1.98. The van der Waals surface area contributed by atoms with Gasteiger partial charge in [-0.3, -0.25) is 4.79 Å². The summed E-state index contributed by atoms with van der Waals surface area (Å²) < 4.78 is 4.92. The van der Waals surface area contributed by atoms with E-state index in [1.807, 2.05) is 23.9 Å². The van der Waals surface area contributed by atoms with Gasteiger partial charge in [0.1, 0.15) is 6.04 Å². The van der Waals surface area contributed by atoms with Gasteiger partial charge in [0, 0.05) is 10.1 Å². The first-order valence-corrected chi connectivity index (χ1v) is 6.75. The second-order valence-corrected chi connectivity index (χ2v) is 5.49. The molecular weight excluding hydrogens is 234 g/mol. The van der Waals surface area contributed by atoms with Crippen molar-refractivity contribution in [3.05, 3.63) is 29.8 Å². The molecule has 0 aromatic heterocycles. The number of carbonyl (C=O) groups excluding carboxylic acids is 1. The van der Waals surface area contributed by atoms with Gasteiger partial charge < -0.3 is 10.5 Å². The molecule has 1 aliphatic heterocycles. The Balaban J connectivity index is 1.89. The average molecular weight is 251 g/mol. The number of fused-ring (bicyclic) bond motifs is 1. The largest absolute Gasteiger partial charge is 0.465 e. The molecule has 2 unspecified atom stereocenters. The maximum Gasteiger partial charge on any atom is 0.322 e. The molecule has 4 heteroatoms. The van der Waals surface area contributed by atoms with Crippen molar-refractivity contribution in [3.63, 3.8) is 0 Å². The topological polar surface area (TPSA) is 52.3 Å². The van der Waals surface area contributed by atoms with Gasteiger partial charge in [0.05, 0.1) is 6.61 Å². The molecule has 2 rings (SSSR count). The highest BCUT2D eigenvalue weighted by molar-refractivity contribution is 8.00. The summed E-state index contributed by atoms with van der Waals surface area (Å²) in [5.41, 5.74) is 7.19. The normalized spacial score (nSPS) is 19.8. The lowest BCUT2D eigenvalue weighted by Gasteiger charge is -2.14. The second kappa shape index (κ2) is 5.56. The van der Waals surface area contributed by atoms with Gasteiger partial charge in [-0.1, -0.05) is 18.2 Å². The minimum absolute atomic E-state index is 0.288. The maximum absolute atomic E-state index is 11.4. The summed E-state index contributed by atoms with van der Waals surface area (Å²) >= 11 is 1.81. The Morgan fingerprint density at radius 3 is 3.06 bits per heavy atom. The van der Waals surface area contributed by atoms with E-state index in [0.717, 1.165) is 6.42 Å². The lowest BCUT2D eigenvalue weighted by atomic mass is 10.1. The van der Waals surface area contributed by atoms with Crippen LogP contribution in [0.5, 0.6) is 0 Å². The first kappa shape index (κ1) is 12.5. The van der Waals surface area contributed by atoms with Crippen molar-refractivity contribution >= 4 is 17.7 Å². The van der Waals surface area contributed by atoms with Gasteiger partial charge in [0.2, 0.25) is 0 Å². The predicted molar refractivity (Wildman–Crippen MR) is 69.0 cm³/mol. The second-order valence-electron chi connectivity index (χ2n) is 4.15. The van der Waals surface area contributed by atoms with E-state index in [0.29, 0.717) is 18.3 Å². The number of hydrogen-bond donors (Lipinski definition) is 1. The Bertz CT molecular complexity index is 383. The zero-order valence-electron chi connectivity index (χ0n) is 9.89. The summed E-state index contributed by atoms with van der Waals surface area (Å²) in [7, 11) is 0. The lowest BCUT2D eigenvalue weighted by Crippen LogP contribution is -2.35. The zero-order valence-corrected chi connectivity index (χ0v) is 10.7. The Hall–Kier alpha value is -1.00. The smallest absolute Gasteiger partial charge is 0.322 e. The molecule has 17 heavy (non-hydrogen) atoms. The molecule has 1 aliphatic rings. The standard InChI is InChI=1S/C13H17NO2S/c1-2-16-13(15)11(14)8-10-7-9-5-3-4-6-12(9)17-10/h3-6,10-11H,2,7-8,14H2,1H3. The van der Waals surface area contributed by atoms with Crippen LogP contribution in [0.15, 0.2) is 29.2 Å². The van der Waals surface area contributed by atoms with Gasteiger partial charge >= 0.3 is 5.97 Å². The van der Waals surface area contributed by atoms with Gasteiger partial charge in [-0.2, -0.15) is 0 Å². The summed E-state index contributed by atoms with van der Waals surface area (Å²) in [6.07, 6.45) is 1.67. The van der Waals surface area contributed by atoms with Crippen LogP contribution in [0.2, 0.25) is 0 Å². The van der Waals surface area contributed by atoms with Crippen molar-refractivity contribution in [1.82, 2.24) is 0 Å². The van der Waals surface area contributed by atoms with Gasteiger partial charge in [0.15, 0.2) is 0 Å². The van der Waals surface area contributed by atoms with Crippen molar-refractivity contribution in [2.45, 2.75) is 36.0 Å². The molecule has 1 heterocycles. The Labute approximate surface area is 106 Å². The van der Waals surface area contributed by atoms with E-state index in [1.54, 1.807) is 6.92 Å². The van der Waals surface area contributed by atoms with Crippen molar-refractivity contribution in [2.75, 3.05) is 6.61 Å². The van der Waals surface area contributed by atoms with E-state index >= 15 is 0 Å². The third-order valence-corrected chi connectivity index (χ3v) is 4.16. The summed E-state index contributed by atoms with van der Waals surface area (Å²) in [4.78, 5) is 12.8. The van der Waals surface area contributed by atoms with Gasteiger partial charge in [-0.25, -0.2) is 0 Å². The van der Waals surface area contributed by atoms with Gasteiger partial charge in [-0.05, 0) is 31.4 Å². The summed E-state index contributed by atoms with van der Waals surface area (Å²) in [5, 5.41) is 0.395. The number of thioether (sulfide) groups is 1. The fourth-order valence-electron chi connectivity index (χ4n) is 2.01. The number of hydrogen-bond acceptors (Lipinski definition) is 4. The molecule has 92 valence electrons. The Kier molecular flexibility index (Phi) is 4.07. The molecule has 2 atom stereocenters. The number of rotatable bonds is 4. The van der Waals surface area contributed by atoms with E-state index in [-0.39, 0.29) is 5.97 Å². The SMILES string of the molecule is CCOC(=O)C(N)CC1Cc2ccccc2S1. The number of esters is 1. The molecule has 0 bridgehead atoms. The van der Waals surface area contributed by atoms with Crippen molar-refractivity contribution in [1.29, 1.82) is 0 Å². The summed E-state index contributed by atoms with van der Waals surface area (Å²) in [5.74, 6) is -0.288. The summed E-state index contributed by atoms with van der Waals surface area (Å²) in [6.45, 7) is 2.19. The van der Waals surface area contributed by atoms with Crippen molar-refractivity contribution in [3.8, 4) is 0 Å². The van der Waals surface area contributed by atoms with Crippen LogP contribution in [0.4, 0.5) is 0 Å². The fourth-order valence-corrected chi connectivity index (χ4v) is 3.40. The zero-order chi connectivity index (χ0) is 12.3. The Morgan fingerprint density at radius 1 is 1.59 bits per heavy atom. The third kappa shape index (κ3) is 3.01. The molecule has 0 spiro atoms. The highest BCUT2D eigenvalue weighted by Crippen LogP contribution is 2.38. The Morgan fingerprint density at radius 2 is 2.35 bits per heavy atom. The molecule has 0 radical (unpaired) electrons. The van der Waals surface area contributed by atoms with Crippen LogP contribution < -0.4 is 5.73 Å². The fraction of sp³-hybridized carbons (Fsp3) is 0.462. The van der Waals surface area contributed by atoms with Crippen LogP contribution in [-0.2, 0) is 16.0 Å². The van der Waals surface area contributed by atoms with Crippen molar-refractivity contribution < 1.29 is 9.53 Å². The third-order valence-electron chi connectivity index (χ3n) is 2.82. The highest BCUT2D eigenvalue weighted by atomic mass is 32.2. The van der Waals surface area contributed by atoms with Crippen molar-refractivity contribution in [2.24, 2.45) is 5.73 Å².